The molecule has 5 nitrogen and oxygen atoms in total. The van der Waals surface area contributed by atoms with Crippen LogP contribution in [0.25, 0.3) is 16.6 Å². The predicted molar refractivity (Wildman–Crippen MR) is 94.6 cm³/mol. The first-order valence-electron chi connectivity index (χ1n) is 8.11. The molecule has 1 aliphatic rings. The van der Waals surface area contributed by atoms with Gasteiger partial charge in [-0.15, -0.1) is 0 Å². The number of hydrogen-bond donors (Lipinski definition) is 0. The van der Waals surface area contributed by atoms with Crippen LogP contribution in [0.1, 0.15) is 27.7 Å². The standard InChI is InChI=1S/C18H20BN3O2/c1-17(2)18(3,4)24-19(23-17)14-11-21-22(12-14)15-7-8-16-13(10-15)6-5-9-20-16/h5-12H,1-4H3. The van der Waals surface area contributed by atoms with Crippen molar-refractivity contribution in [2.75, 3.05) is 0 Å². The van der Waals surface area contributed by atoms with Crippen molar-refractivity contribution in [2.24, 2.45) is 0 Å². The second-order valence-corrected chi connectivity index (χ2v) is 7.19. The molecule has 0 radical (unpaired) electrons. The summed E-state index contributed by atoms with van der Waals surface area (Å²) in [4.78, 5) is 4.35. The molecule has 122 valence electrons. The van der Waals surface area contributed by atoms with Crippen molar-refractivity contribution in [3.63, 3.8) is 0 Å². The van der Waals surface area contributed by atoms with Crippen LogP contribution >= 0.6 is 0 Å². The summed E-state index contributed by atoms with van der Waals surface area (Å²) in [7, 11) is -0.397. The zero-order valence-electron chi connectivity index (χ0n) is 14.4. The molecule has 0 atom stereocenters. The first-order valence-corrected chi connectivity index (χ1v) is 8.11. The molecule has 1 fully saturated rings. The van der Waals surface area contributed by atoms with Gasteiger partial charge in [-0.2, -0.15) is 5.10 Å². The molecular formula is C18H20BN3O2. The quantitative estimate of drug-likeness (QED) is 0.681. The molecule has 4 rings (SSSR count). The lowest BCUT2D eigenvalue weighted by molar-refractivity contribution is 0.00578. The van der Waals surface area contributed by atoms with Gasteiger partial charge in [-0.3, -0.25) is 4.98 Å². The first kappa shape index (κ1) is 15.4. The minimum absolute atomic E-state index is 0.353. The summed E-state index contributed by atoms with van der Waals surface area (Å²) in [6, 6.07) is 10.1. The Balaban J connectivity index is 1.65. The van der Waals surface area contributed by atoms with Crippen molar-refractivity contribution in [2.45, 2.75) is 38.9 Å². The molecule has 1 aliphatic heterocycles. The van der Waals surface area contributed by atoms with Gasteiger partial charge in [-0.25, -0.2) is 4.68 Å². The van der Waals surface area contributed by atoms with Gasteiger partial charge in [0.1, 0.15) is 0 Å². The fourth-order valence-corrected chi connectivity index (χ4v) is 2.78. The fourth-order valence-electron chi connectivity index (χ4n) is 2.78. The normalized spacial score (nSPS) is 19.1. The van der Waals surface area contributed by atoms with Crippen LogP contribution in [0, 0.1) is 0 Å². The van der Waals surface area contributed by atoms with E-state index in [9.17, 15) is 0 Å². The van der Waals surface area contributed by atoms with E-state index in [1.807, 2.05) is 62.8 Å². The molecule has 6 heteroatoms. The third-order valence-corrected chi connectivity index (χ3v) is 4.98. The van der Waals surface area contributed by atoms with Crippen LogP contribution < -0.4 is 5.46 Å². The molecule has 0 amide bonds. The summed E-state index contributed by atoms with van der Waals surface area (Å²) in [5.74, 6) is 0. The molecule has 3 aromatic rings. The van der Waals surface area contributed by atoms with Crippen LogP contribution in [-0.2, 0) is 9.31 Å². The summed E-state index contributed by atoms with van der Waals surface area (Å²) >= 11 is 0. The number of aromatic nitrogens is 3. The van der Waals surface area contributed by atoms with Crippen molar-refractivity contribution in [1.29, 1.82) is 0 Å². The third kappa shape index (κ3) is 2.42. The Morgan fingerprint density at radius 2 is 1.79 bits per heavy atom. The maximum absolute atomic E-state index is 6.08. The van der Waals surface area contributed by atoms with Crippen LogP contribution in [0.4, 0.5) is 0 Å². The average molecular weight is 321 g/mol. The highest BCUT2D eigenvalue weighted by Crippen LogP contribution is 2.36. The summed E-state index contributed by atoms with van der Waals surface area (Å²) in [6.07, 6.45) is 5.56. The summed E-state index contributed by atoms with van der Waals surface area (Å²) in [6.45, 7) is 8.20. The lowest BCUT2D eigenvalue weighted by Crippen LogP contribution is -2.41. The molecule has 3 heterocycles. The van der Waals surface area contributed by atoms with E-state index in [2.05, 4.69) is 16.1 Å². The van der Waals surface area contributed by atoms with Crippen LogP contribution in [-0.4, -0.2) is 33.1 Å². The summed E-state index contributed by atoms with van der Waals surface area (Å²) < 4.78 is 14.0. The zero-order chi connectivity index (χ0) is 16.9. The van der Waals surface area contributed by atoms with Gasteiger partial charge in [-0.1, -0.05) is 6.07 Å². The maximum atomic E-state index is 6.08. The van der Waals surface area contributed by atoms with Crippen molar-refractivity contribution >= 4 is 23.5 Å². The maximum Gasteiger partial charge on any atom is 0.498 e. The number of nitrogens with zero attached hydrogens (tertiary/aromatic N) is 3. The highest BCUT2D eigenvalue weighted by Gasteiger charge is 2.52. The van der Waals surface area contributed by atoms with Crippen molar-refractivity contribution in [3.8, 4) is 5.69 Å². The van der Waals surface area contributed by atoms with E-state index in [0.717, 1.165) is 22.1 Å². The van der Waals surface area contributed by atoms with Gasteiger partial charge in [0.25, 0.3) is 0 Å². The van der Waals surface area contributed by atoms with E-state index in [-0.39, 0.29) is 11.2 Å². The van der Waals surface area contributed by atoms with Gasteiger partial charge in [-0.05, 0) is 52.0 Å². The van der Waals surface area contributed by atoms with E-state index in [1.165, 1.54) is 0 Å². The van der Waals surface area contributed by atoms with Gasteiger partial charge in [0.2, 0.25) is 0 Å². The summed E-state index contributed by atoms with van der Waals surface area (Å²) in [5.41, 5.74) is 2.17. The topological polar surface area (TPSA) is 49.2 Å². The molecule has 24 heavy (non-hydrogen) atoms. The average Bonchev–Trinajstić information content (AvgIpc) is 3.10. The van der Waals surface area contributed by atoms with Crippen LogP contribution in [0.5, 0.6) is 0 Å². The van der Waals surface area contributed by atoms with Gasteiger partial charge >= 0.3 is 7.12 Å². The molecule has 0 N–H and O–H groups in total. The number of fused-ring (bicyclic) bond motifs is 1. The first-order chi connectivity index (χ1) is 11.4. The van der Waals surface area contributed by atoms with Gasteiger partial charge < -0.3 is 9.31 Å². The lowest BCUT2D eigenvalue weighted by atomic mass is 9.82. The van der Waals surface area contributed by atoms with Crippen molar-refractivity contribution < 1.29 is 9.31 Å². The second kappa shape index (κ2) is 5.16. The van der Waals surface area contributed by atoms with Crippen LogP contribution in [0.15, 0.2) is 48.9 Å². The van der Waals surface area contributed by atoms with Gasteiger partial charge in [0.05, 0.1) is 22.4 Å². The second-order valence-electron chi connectivity index (χ2n) is 7.19. The minimum atomic E-state index is -0.397. The molecule has 2 aromatic heterocycles. The van der Waals surface area contributed by atoms with Crippen molar-refractivity contribution in [3.05, 3.63) is 48.9 Å². The minimum Gasteiger partial charge on any atom is -0.399 e. The number of hydrogen-bond acceptors (Lipinski definition) is 4. The Labute approximate surface area is 141 Å². The number of pyridine rings is 1. The van der Waals surface area contributed by atoms with Gasteiger partial charge in [0.15, 0.2) is 0 Å². The van der Waals surface area contributed by atoms with E-state index < -0.39 is 7.12 Å². The number of rotatable bonds is 2. The SMILES string of the molecule is CC1(C)OB(c2cnn(-c3ccc4ncccc4c3)c2)OC1(C)C. The Hall–Kier alpha value is -2.18. The predicted octanol–water partition coefficient (Wildman–Crippen LogP) is 2.72. The van der Waals surface area contributed by atoms with E-state index >= 15 is 0 Å². The van der Waals surface area contributed by atoms with E-state index in [1.54, 1.807) is 12.4 Å². The Morgan fingerprint density at radius 3 is 2.54 bits per heavy atom. The molecule has 0 saturated carbocycles. The molecule has 0 bridgehead atoms. The molecule has 0 aliphatic carbocycles. The Morgan fingerprint density at radius 1 is 1.04 bits per heavy atom. The molecule has 1 saturated heterocycles. The molecule has 0 unspecified atom stereocenters. The highest BCUT2D eigenvalue weighted by molar-refractivity contribution is 6.62. The van der Waals surface area contributed by atoms with Crippen LogP contribution in [0.2, 0.25) is 0 Å². The highest BCUT2D eigenvalue weighted by atomic mass is 16.7. The smallest absolute Gasteiger partial charge is 0.399 e. The Kier molecular flexibility index (Phi) is 3.30. The summed E-state index contributed by atoms with van der Waals surface area (Å²) in [5, 5.41) is 5.56. The lowest BCUT2D eigenvalue weighted by Gasteiger charge is -2.32. The van der Waals surface area contributed by atoms with E-state index in [0.29, 0.717) is 0 Å². The van der Waals surface area contributed by atoms with Gasteiger partial charge in [0, 0.05) is 29.4 Å². The van der Waals surface area contributed by atoms with Crippen LogP contribution in [0.3, 0.4) is 0 Å². The molecule has 1 aromatic carbocycles. The van der Waals surface area contributed by atoms with Crippen molar-refractivity contribution in [1.82, 2.24) is 14.8 Å². The Bertz CT molecular complexity index is 888. The zero-order valence-corrected chi connectivity index (χ0v) is 14.4. The molecular weight excluding hydrogens is 301 g/mol. The third-order valence-electron chi connectivity index (χ3n) is 4.98. The number of benzene rings is 1. The fraction of sp³-hybridized carbons (Fsp3) is 0.333. The van der Waals surface area contributed by atoms with E-state index in [4.69, 9.17) is 9.31 Å². The largest absolute Gasteiger partial charge is 0.498 e. The monoisotopic (exact) mass is 321 g/mol. The molecule has 0 spiro atoms.